The van der Waals surface area contributed by atoms with Gasteiger partial charge in [0.2, 0.25) is 5.06 Å². The largest absolute Gasteiger partial charge is 0.478 e. The van der Waals surface area contributed by atoms with Crippen molar-refractivity contribution in [1.29, 1.82) is 0 Å². The van der Waals surface area contributed by atoms with Gasteiger partial charge in [-0.05, 0) is 19.8 Å². The zero-order valence-corrected chi connectivity index (χ0v) is 5.74. The Hall–Kier alpha value is 0.0700. The fraction of sp³-hybridized carbons (Fsp3) is 0.667. The molecule has 48 valence electrons. The number of aliphatic carboxylic acids is 1. The Balaban J connectivity index is 3.91. The van der Waals surface area contributed by atoms with E-state index in [1.807, 2.05) is 0 Å². The second-order valence-electron chi connectivity index (χ2n) is 1.31. The highest BCUT2D eigenvalue weighted by Crippen LogP contribution is 2.16. The lowest BCUT2D eigenvalue weighted by molar-refractivity contribution is -0.146. The molecule has 0 amide bonds. The average molecular weight is 157 g/mol. The summed E-state index contributed by atoms with van der Waals surface area (Å²) in [6, 6.07) is 0. The van der Waals surface area contributed by atoms with Crippen molar-refractivity contribution in [3.63, 3.8) is 0 Å². The van der Waals surface area contributed by atoms with E-state index in [1.54, 1.807) is 0 Å². The van der Waals surface area contributed by atoms with E-state index in [1.165, 1.54) is 6.92 Å². The normalized spacial score (nSPS) is 17.4. The Morgan fingerprint density at radius 1 is 2.00 bits per heavy atom. The van der Waals surface area contributed by atoms with E-state index in [4.69, 9.17) is 16.7 Å². The number of rotatable bonds is 2. The second kappa shape index (κ2) is 2.57. The van der Waals surface area contributed by atoms with E-state index in [0.29, 0.717) is 0 Å². The molecule has 0 aromatic rings. The molecule has 0 spiro atoms. The van der Waals surface area contributed by atoms with Crippen LogP contribution in [0.15, 0.2) is 0 Å². The minimum absolute atomic E-state index is 1.18. The van der Waals surface area contributed by atoms with Crippen LogP contribution < -0.4 is 0 Å². The van der Waals surface area contributed by atoms with Crippen LogP contribution in [0.25, 0.3) is 0 Å². The molecule has 0 unspecified atom stereocenters. The predicted molar refractivity (Wildman–Crippen MR) is 32.0 cm³/mol. The van der Waals surface area contributed by atoms with E-state index in [0.717, 1.165) is 0 Å². The van der Waals surface area contributed by atoms with Crippen molar-refractivity contribution < 1.29 is 14.1 Å². The molecule has 3 nitrogen and oxygen atoms in total. The van der Waals surface area contributed by atoms with Crippen LogP contribution in [0.3, 0.4) is 0 Å². The molecule has 1 atom stereocenters. The molecule has 0 aromatic carbocycles. The Labute approximate surface area is 57.2 Å². The van der Waals surface area contributed by atoms with Crippen molar-refractivity contribution in [2.24, 2.45) is 0 Å². The molecule has 0 aliphatic heterocycles. The first-order chi connectivity index (χ1) is 3.50. The Kier molecular flexibility index (Phi) is 2.59. The van der Waals surface area contributed by atoms with Gasteiger partial charge < -0.3 is 5.11 Å². The minimum Gasteiger partial charge on any atom is -0.478 e. The zero-order chi connectivity index (χ0) is 6.78. The summed E-state index contributed by atoms with van der Waals surface area (Å²) in [5.74, 6) is -1.26. The van der Waals surface area contributed by atoms with Crippen molar-refractivity contribution in [2.75, 3.05) is 0 Å². The molecule has 0 radical (unpaired) electrons. The third kappa shape index (κ3) is 1.90. The summed E-state index contributed by atoms with van der Waals surface area (Å²) in [7, 11) is 0. The third-order valence-corrected chi connectivity index (χ3v) is 1.26. The van der Waals surface area contributed by atoms with Gasteiger partial charge in [-0.3, -0.25) is 4.18 Å². The van der Waals surface area contributed by atoms with Crippen molar-refractivity contribution >= 4 is 30.5 Å². The number of hydrogen-bond acceptors (Lipinski definition) is 3. The van der Waals surface area contributed by atoms with Crippen LogP contribution in [-0.4, -0.2) is 16.1 Å². The molecule has 0 aromatic heterocycles. The highest BCUT2D eigenvalue weighted by atomic mass is 35.5. The topological polar surface area (TPSA) is 46.5 Å². The number of carbonyl (C=O) groups is 1. The van der Waals surface area contributed by atoms with Crippen LogP contribution in [0.1, 0.15) is 6.92 Å². The van der Waals surface area contributed by atoms with Gasteiger partial charge in [0.15, 0.2) is 0 Å². The monoisotopic (exact) mass is 156 g/mol. The molecular formula is C3H5ClO3S. The summed E-state index contributed by atoms with van der Waals surface area (Å²) in [4.78, 5) is 9.95. The lowest BCUT2D eigenvalue weighted by atomic mass is 10.4. The lowest BCUT2D eigenvalue weighted by Crippen LogP contribution is -2.28. The van der Waals surface area contributed by atoms with E-state index in [9.17, 15) is 4.79 Å². The van der Waals surface area contributed by atoms with Gasteiger partial charge in [-0.2, -0.15) is 0 Å². The maximum Gasteiger partial charge on any atom is 0.352 e. The summed E-state index contributed by atoms with van der Waals surface area (Å²) < 4.78 is 4.06. The van der Waals surface area contributed by atoms with Crippen LogP contribution in [0, 0.1) is 0 Å². The van der Waals surface area contributed by atoms with Gasteiger partial charge in [-0.1, -0.05) is 11.6 Å². The maximum atomic E-state index is 9.95. The predicted octanol–water partition coefficient (Wildman–Crippen LogP) is 0.887. The number of carboxylic acids is 1. The molecule has 0 saturated heterocycles. The van der Waals surface area contributed by atoms with Gasteiger partial charge in [0.1, 0.15) is 0 Å². The quantitative estimate of drug-likeness (QED) is 0.355. The van der Waals surface area contributed by atoms with Crippen LogP contribution in [0.2, 0.25) is 0 Å². The first-order valence-electron chi connectivity index (χ1n) is 1.75. The third-order valence-electron chi connectivity index (χ3n) is 0.553. The summed E-state index contributed by atoms with van der Waals surface area (Å²) in [6.07, 6.45) is 0. The number of carboxylic acid groups (broad SMARTS) is 1. The van der Waals surface area contributed by atoms with Crippen molar-refractivity contribution in [2.45, 2.75) is 12.0 Å². The lowest BCUT2D eigenvalue weighted by Gasteiger charge is -2.10. The van der Waals surface area contributed by atoms with Crippen LogP contribution in [-0.2, 0) is 8.98 Å². The molecule has 0 bridgehead atoms. The zero-order valence-electron chi connectivity index (χ0n) is 4.09. The molecule has 0 saturated carbocycles. The minimum atomic E-state index is -1.71. The smallest absolute Gasteiger partial charge is 0.352 e. The molecule has 0 fully saturated rings. The highest BCUT2D eigenvalue weighted by Gasteiger charge is 2.30. The molecule has 0 rings (SSSR count). The summed E-state index contributed by atoms with van der Waals surface area (Å²) >= 11 is 8.39. The molecule has 8 heavy (non-hydrogen) atoms. The number of hydrogen-bond donors (Lipinski definition) is 2. The van der Waals surface area contributed by atoms with Gasteiger partial charge in [0, 0.05) is 0 Å². The van der Waals surface area contributed by atoms with E-state index in [2.05, 4.69) is 17.1 Å². The number of thiol groups is 1. The van der Waals surface area contributed by atoms with Crippen LogP contribution >= 0.6 is 24.5 Å². The van der Waals surface area contributed by atoms with Crippen molar-refractivity contribution in [3.05, 3.63) is 0 Å². The first-order valence-corrected chi connectivity index (χ1v) is 2.50. The Bertz CT molecular complexity index is 103. The van der Waals surface area contributed by atoms with Crippen molar-refractivity contribution in [3.8, 4) is 0 Å². The molecule has 1 N–H and O–H groups in total. The fourth-order valence-electron chi connectivity index (χ4n) is 0.0390. The molecular weight excluding hydrogens is 152 g/mol. The second-order valence-corrected chi connectivity index (χ2v) is 2.22. The van der Waals surface area contributed by atoms with Gasteiger partial charge in [0.25, 0.3) is 0 Å². The van der Waals surface area contributed by atoms with Gasteiger partial charge >= 0.3 is 5.97 Å². The molecule has 5 heteroatoms. The Morgan fingerprint density at radius 3 is 2.38 bits per heavy atom. The first kappa shape index (κ1) is 8.07. The van der Waals surface area contributed by atoms with E-state index < -0.39 is 11.0 Å². The fourth-order valence-corrected chi connectivity index (χ4v) is 0.117. The summed E-state index contributed by atoms with van der Waals surface area (Å²) in [5.41, 5.74) is 0. The van der Waals surface area contributed by atoms with Crippen LogP contribution in [0.5, 0.6) is 0 Å². The molecule has 0 heterocycles. The molecule has 0 aliphatic rings. The number of halogens is 1. The van der Waals surface area contributed by atoms with Gasteiger partial charge in [-0.25, -0.2) is 4.79 Å². The summed E-state index contributed by atoms with van der Waals surface area (Å²) in [5, 5.41) is 6.43. The van der Waals surface area contributed by atoms with E-state index in [-0.39, 0.29) is 0 Å². The van der Waals surface area contributed by atoms with E-state index >= 15 is 0 Å². The average Bonchev–Trinajstić information content (AvgIpc) is 1.67. The van der Waals surface area contributed by atoms with Gasteiger partial charge in [-0.15, -0.1) is 0 Å². The standard InChI is InChI=1S/C3H5ClO3S/c1-3(4,7-8)2(5)6/h8H,1H3,(H,5,6)/t3-/m0/s1. The molecule has 0 aliphatic carbocycles. The van der Waals surface area contributed by atoms with Gasteiger partial charge in [0.05, 0.1) is 0 Å². The number of alkyl halides is 1. The summed E-state index contributed by atoms with van der Waals surface area (Å²) in [6.45, 7) is 1.18. The highest BCUT2D eigenvalue weighted by molar-refractivity contribution is 7.75. The van der Waals surface area contributed by atoms with Crippen LogP contribution in [0.4, 0.5) is 0 Å². The maximum absolute atomic E-state index is 9.95. The SMILES string of the molecule is C[C@](Cl)(OS)C(=O)O. The Morgan fingerprint density at radius 2 is 2.38 bits per heavy atom. The van der Waals surface area contributed by atoms with Crippen molar-refractivity contribution in [1.82, 2.24) is 0 Å².